The van der Waals surface area contributed by atoms with Crippen molar-refractivity contribution in [2.24, 2.45) is 4.99 Å². The van der Waals surface area contributed by atoms with Gasteiger partial charge in [-0.25, -0.2) is 4.39 Å². The van der Waals surface area contributed by atoms with Gasteiger partial charge in [0.05, 0.1) is 21.8 Å². The Bertz CT molecular complexity index is 1160. The van der Waals surface area contributed by atoms with Gasteiger partial charge in [-0.05, 0) is 43.4 Å². The highest BCUT2D eigenvalue weighted by atomic mass is 35.5. The predicted molar refractivity (Wildman–Crippen MR) is 103 cm³/mol. The van der Waals surface area contributed by atoms with Crippen LogP contribution in [0.15, 0.2) is 49.4 Å². The number of allylic oxidation sites excluding steroid dienone is 1. The monoisotopic (exact) mass is 403 g/mol. The number of hydrogen-bond donors (Lipinski definition) is 0. The Labute approximate surface area is 162 Å². The zero-order valence-corrected chi connectivity index (χ0v) is 15.8. The van der Waals surface area contributed by atoms with Crippen molar-refractivity contribution in [3.63, 3.8) is 0 Å². The third kappa shape index (κ3) is 2.76. The van der Waals surface area contributed by atoms with Gasteiger partial charge < -0.3 is 4.52 Å². The molecule has 8 heteroatoms. The molecule has 1 aliphatic carbocycles. The van der Waals surface area contributed by atoms with Crippen molar-refractivity contribution < 1.29 is 8.91 Å². The smallest absolute Gasteiger partial charge is 0.308 e. The molecule has 0 spiro atoms. The Hall–Kier alpha value is -2.25. The summed E-state index contributed by atoms with van der Waals surface area (Å²) in [6, 6.07) is 4.30. The van der Waals surface area contributed by atoms with E-state index in [9.17, 15) is 9.18 Å². The summed E-state index contributed by atoms with van der Waals surface area (Å²) >= 11 is 7.59. The van der Waals surface area contributed by atoms with E-state index in [2.05, 4.69) is 5.16 Å². The van der Waals surface area contributed by atoms with E-state index in [1.807, 2.05) is 0 Å². The highest BCUT2D eigenvalue weighted by Crippen LogP contribution is 2.43. The molecule has 5 nitrogen and oxygen atoms in total. The molecule has 1 atom stereocenters. The molecule has 2 aromatic heterocycles. The van der Waals surface area contributed by atoms with Gasteiger partial charge in [0.25, 0.3) is 0 Å². The molecule has 1 fully saturated rings. The molecule has 5 rings (SSSR count). The molecule has 2 aliphatic rings. The van der Waals surface area contributed by atoms with Gasteiger partial charge in [0, 0.05) is 17.3 Å². The Balaban J connectivity index is 1.63. The molecule has 0 radical (unpaired) electrons. The Morgan fingerprint density at radius 3 is 2.96 bits per heavy atom. The number of halogens is 2. The van der Waals surface area contributed by atoms with Crippen molar-refractivity contribution in [1.29, 1.82) is 0 Å². The fourth-order valence-electron chi connectivity index (χ4n) is 3.81. The first-order valence-corrected chi connectivity index (χ1v) is 9.99. The average molecular weight is 404 g/mol. The summed E-state index contributed by atoms with van der Waals surface area (Å²) in [6.07, 6.45) is 5.42. The van der Waals surface area contributed by atoms with Crippen LogP contribution in [-0.4, -0.2) is 15.4 Å². The molecule has 1 saturated carbocycles. The average Bonchev–Trinajstić information content (AvgIpc) is 3.35. The number of hydrogen-bond acceptors (Lipinski definition) is 5. The molecule has 1 aliphatic heterocycles. The first-order valence-electron chi connectivity index (χ1n) is 8.79. The van der Waals surface area contributed by atoms with E-state index < -0.39 is 6.04 Å². The second kappa shape index (κ2) is 6.42. The largest absolute Gasteiger partial charge is 0.364 e. The topological polar surface area (TPSA) is 60.4 Å². The van der Waals surface area contributed by atoms with Crippen LogP contribution in [0.2, 0.25) is 0 Å². The van der Waals surface area contributed by atoms with Crippen LogP contribution in [0, 0.1) is 5.82 Å². The molecule has 27 heavy (non-hydrogen) atoms. The van der Waals surface area contributed by atoms with Crippen molar-refractivity contribution in [2.45, 2.75) is 38.3 Å². The lowest BCUT2D eigenvalue weighted by Crippen LogP contribution is -2.14. The quantitative estimate of drug-likeness (QED) is 0.631. The van der Waals surface area contributed by atoms with Crippen LogP contribution in [0.4, 0.5) is 4.39 Å². The van der Waals surface area contributed by atoms with Crippen LogP contribution < -0.4 is 4.87 Å². The lowest BCUT2D eigenvalue weighted by atomic mass is 9.93. The van der Waals surface area contributed by atoms with Gasteiger partial charge >= 0.3 is 4.87 Å². The molecule has 0 bridgehead atoms. The molecule has 0 amide bonds. The number of aliphatic imine (C=N–C) groups is 1. The van der Waals surface area contributed by atoms with Crippen molar-refractivity contribution in [3.8, 4) is 0 Å². The highest BCUT2D eigenvalue weighted by Gasteiger charge is 2.31. The number of nitrogens with zero attached hydrogens (tertiary/aromatic N) is 3. The van der Waals surface area contributed by atoms with Crippen molar-refractivity contribution in [2.75, 3.05) is 0 Å². The van der Waals surface area contributed by atoms with E-state index in [-0.39, 0.29) is 17.2 Å². The minimum absolute atomic E-state index is 0.166. The summed E-state index contributed by atoms with van der Waals surface area (Å²) in [7, 11) is 0. The van der Waals surface area contributed by atoms with E-state index in [0.717, 1.165) is 48.3 Å². The molecule has 3 heterocycles. The molecule has 138 valence electrons. The lowest BCUT2D eigenvalue weighted by molar-refractivity contribution is 0.410. The minimum Gasteiger partial charge on any atom is -0.364 e. The fraction of sp³-hybridized carbons (Fsp3) is 0.316. The maximum Gasteiger partial charge on any atom is 0.308 e. The molecule has 1 unspecified atom stereocenters. The normalized spacial score (nSPS) is 19.6. The summed E-state index contributed by atoms with van der Waals surface area (Å²) in [5.41, 5.74) is 3.77. The van der Waals surface area contributed by atoms with E-state index in [1.54, 1.807) is 16.7 Å². The van der Waals surface area contributed by atoms with Crippen molar-refractivity contribution >= 4 is 38.9 Å². The van der Waals surface area contributed by atoms with Crippen molar-refractivity contribution in [3.05, 3.63) is 61.8 Å². The first kappa shape index (κ1) is 16.9. The molecule has 0 N–H and O–H groups in total. The Morgan fingerprint density at radius 1 is 1.33 bits per heavy atom. The summed E-state index contributed by atoms with van der Waals surface area (Å²) in [5, 5.41) is 4.48. The second-order valence-electron chi connectivity index (χ2n) is 6.80. The van der Waals surface area contributed by atoms with Crippen LogP contribution >= 0.6 is 22.9 Å². The van der Waals surface area contributed by atoms with Crippen LogP contribution in [-0.2, 0) is 6.54 Å². The van der Waals surface area contributed by atoms with Crippen molar-refractivity contribution in [1.82, 2.24) is 9.72 Å². The number of rotatable bonds is 3. The van der Waals surface area contributed by atoms with Gasteiger partial charge in [0.1, 0.15) is 23.8 Å². The third-order valence-electron chi connectivity index (χ3n) is 5.14. The zero-order valence-electron chi connectivity index (χ0n) is 14.2. The van der Waals surface area contributed by atoms with Gasteiger partial charge in [-0.3, -0.25) is 14.4 Å². The van der Waals surface area contributed by atoms with Crippen LogP contribution in [0.3, 0.4) is 0 Å². The maximum atomic E-state index is 14.9. The third-order valence-corrected chi connectivity index (χ3v) is 6.52. The van der Waals surface area contributed by atoms with Crippen LogP contribution in [0.1, 0.15) is 43.0 Å². The fourth-order valence-corrected chi connectivity index (χ4v) is 5.08. The number of benzene rings is 1. The molecule has 1 aromatic carbocycles. The zero-order chi connectivity index (χ0) is 18.5. The van der Waals surface area contributed by atoms with Gasteiger partial charge in [0.15, 0.2) is 0 Å². The standard InChI is InChI=1S/C19H15ClFN3O2S/c20-17-11-3-1-2-4-14(11)22-18(17)12-7-15-16(8-13(12)21)27-19(25)24(15)9-10-5-6-26-23-10/h5-8,18H,1-4,9H2. The van der Waals surface area contributed by atoms with E-state index in [0.29, 0.717) is 26.5 Å². The number of thiazole rings is 1. The summed E-state index contributed by atoms with van der Waals surface area (Å²) in [6.45, 7) is 0.272. The van der Waals surface area contributed by atoms with Gasteiger partial charge in [-0.1, -0.05) is 28.1 Å². The SMILES string of the molecule is O=c1sc2cc(F)c(C3N=C4CCCCC4=C3Cl)cc2n1Cc1ccon1. The molecular weight excluding hydrogens is 389 g/mol. The van der Waals surface area contributed by atoms with E-state index in [1.165, 1.54) is 12.3 Å². The van der Waals surface area contributed by atoms with Gasteiger partial charge in [-0.2, -0.15) is 0 Å². The second-order valence-corrected chi connectivity index (χ2v) is 8.20. The maximum absolute atomic E-state index is 14.9. The lowest BCUT2D eigenvalue weighted by Gasteiger charge is -2.13. The van der Waals surface area contributed by atoms with Crippen LogP contribution in [0.5, 0.6) is 0 Å². The van der Waals surface area contributed by atoms with Crippen LogP contribution in [0.25, 0.3) is 10.2 Å². The minimum atomic E-state index is -0.519. The number of fused-ring (bicyclic) bond motifs is 2. The van der Waals surface area contributed by atoms with Gasteiger partial charge in [0.2, 0.25) is 0 Å². The Morgan fingerprint density at radius 2 is 2.19 bits per heavy atom. The molecule has 0 saturated heterocycles. The Kier molecular flexibility index (Phi) is 4.02. The summed E-state index contributed by atoms with van der Waals surface area (Å²) in [4.78, 5) is 16.9. The number of aromatic nitrogens is 2. The molecular formula is C19H15ClFN3O2S. The highest BCUT2D eigenvalue weighted by molar-refractivity contribution is 7.16. The summed E-state index contributed by atoms with van der Waals surface area (Å²) < 4.78 is 21.9. The van der Waals surface area contributed by atoms with E-state index in [4.69, 9.17) is 21.1 Å². The molecule has 3 aromatic rings. The summed E-state index contributed by atoms with van der Waals surface area (Å²) in [5.74, 6) is -0.385. The predicted octanol–water partition coefficient (Wildman–Crippen LogP) is 4.80. The van der Waals surface area contributed by atoms with E-state index >= 15 is 0 Å². The van der Waals surface area contributed by atoms with Gasteiger partial charge in [-0.15, -0.1) is 0 Å². The first-order chi connectivity index (χ1) is 13.1.